The van der Waals surface area contributed by atoms with Crippen LogP contribution in [0, 0.1) is 6.92 Å². The molecule has 14 heavy (non-hydrogen) atoms. The molecule has 0 amide bonds. The third kappa shape index (κ3) is 2.96. The zero-order valence-electron chi connectivity index (χ0n) is 8.83. The van der Waals surface area contributed by atoms with E-state index in [-0.39, 0.29) is 0 Å². The lowest BCUT2D eigenvalue weighted by Gasteiger charge is -2.11. The van der Waals surface area contributed by atoms with Gasteiger partial charge in [-0.3, -0.25) is 4.98 Å². The van der Waals surface area contributed by atoms with Crippen molar-refractivity contribution < 1.29 is 5.11 Å². The monoisotopic (exact) mass is 191 g/mol. The summed E-state index contributed by atoms with van der Waals surface area (Å²) in [5.74, 6) is 0. The van der Waals surface area contributed by atoms with Gasteiger partial charge in [-0.05, 0) is 30.9 Å². The minimum Gasteiger partial charge on any atom is -0.388 e. The van der Waals surface area contributed by atoms with Gasteiger partial charge in [0.05, 0.1) is 6.10 Å². The smallest absolute Gasteiger partial charge is 0.0841 e. The molecule has 0 saturated heterocycles. The van der Waals surface area contributed by atoms with Gasteiger partial charge in [-0.1, -0.05) is 25.1 Å². The number of aromatic nitrogens is 1. The molecule has 0 aromatic carbocycles. The lowest BCUT2D eigenvalue weighted by Crippen LogP contribution is -1.99. The van der Waals surface area contributed by atoms with Crippen molar-refractivity contribution in [3.63, 3.8) is 0 Å². The Bertz CT molecular complexity index is 320. The Kier molecular flexibility index (Phi) is 3.84. The van der Waals surface area contributed by atoms with Crippen molar-refractivity contribution in [3.05, 3.63) is 41.7 Å². The van der Waals surface area contributed by atoms with Gasteiger partial charge >= 0.3 is 0 Å². The number of rotatable bonds is 4. The summed E-state index contributed by atoms with van der Waals surface area (Å²) in [5.41, 5.74) is 3.02. The summed E-state index contributed by atoms with van der Waals surface area (Å²) in [6.45, 7) is 7.90. The van der Waals surface area contributed by atoms with Crippen LogP contribution in [0.25, 0.3) is 0 Å². The summed E-state index contributed by atoms with van der Waals surface area (Å²) in [6.07, 6.45) is 4.57. The molecule has 0 aliphatic rings. The van der Waals surface area contributed by atoms with Gasteiger partial charge in [-0.2, -0.15) is 0 Å². The molecule has 1 unspecified atom stereocenters. The molecule has 2 nitrogen and oxygen atoms in total. The molecule has 1 rings (SSSR count). The average Bonchev–Trinajstić information content (AvgIpc) is 2.17. The van der Waals surface area contributed by atoms with E-state index in [1.54, 1.807) is 12.4 Å². The standard InChI is InChI=1S/C12H17NO/c1-4-9(2)6-12(14)11-5-10(3)7-13-8-11/h5,7-8,12,14H,2,4,6H2,1,3H3. The van der Waals surface area contributed by atoms with Crippen molar-refractivity contribution in [2.24, 2.45) is 0 Å². The number of aryl methyl sites for hydroxylation is 1. The number of hydrogen-bond acceptors (Lipinski definition) is 2. The molecule has 0 fully saturated rings. The van der Waals surface area contributed by atoms with E-state index in [1.165, 1.54) is 0 Å². The van der Waals surface area contributed by atoms with E-state index in [1.807, 2.05) is 19.9 Å². The first-order chi connectivity index (χ1) is 6.63. The van der Waals surface area contributed by atoms with E-state index >= 15 is 0 Å². The molecule has 0 radical (unpaired) electrons. The van der Waals surface area contributed by atoms with E-state index in [0.29, 0.717) is 6.42 Å². The van der Waals surface area contributed by atoms with Gasteiger partial charge in [0, 0.05) is 12.4 Å². The number of hydrogen-bond donors (Lipinski definition) is 1. The summed E-state index contributed by atoms with van der Waals surface area (Å²) < 4.78 is 0. The molecule has 1 aromatic heterocycles. The molecule has 0 aliphatic heterocycles. The van der Waals surface area contributed by atoms with E-state index in [0.717, 1.165) is 23.1 Å². The third-order valence-electron chi connectivity index (χ3n) is 2.26. The predicted octanol–water partition coefficient (Wildman–Crippen LogP) is 2.78. The van der Waals surface area contributed by atoms with E-state index in [2.05, 4.69) is 11.6 Å². The summed E-state index contributed by atoms with van der Waals surface area (Å²) in [6, 6.07) is 1.96. The van der Waals surface area contributed by atoms with Gasteiger partial charge < -0.3 is 5.11 Å². The Morgan fingerprint density at radius 1 is 1.57 bits per heavy atom. The molecule has 0 aliphatic carbocycles. The topological polar surface area (TPSA) is 33.1 Å². The second-order valence-corrected chi connectivity index (χ2v) is 3.62. The van der Waals surface area contributed by atoms with E-state index < -0.39 is 6.10 Å². The molecular formula is C12H17NO. The fourth-order valence-corrected chi connectivity index (χ4v) is 1.30. The lowest BCUT2D eigenvalue weighted by atomic mass is 10.0. The van der Waals surface area contributed by atoms with Gasteiger partial charge in [0.25, 0.3) is 0 Å². The first-order valence-electron chi connectivity index (χ1n) is 4.89. The Balaban J connectivity index is 2.69. The Morgan fingerprint density at radius 3 is 2.86 bits per heavy atom. The zero-order chi connectivity index (χ0) is 10.6. The molecule has 1 N–H and O–H groups in total. The molecule has 0 bridgehead atoms. The van der Waals surface area contributed by atoms with Crippen molar-refractivity contribution in [1.29, 1.82) is 0 Å². The highest BCUT2D eigenvalue weighted by atomic mass is 16.3. The third-order valence-corrected chi connectivity index (χ3v) is 2.26. The first-order valence-corrected chi connectivity index (χ1v) is 4.89. The van der Waals surface area contributed by atoms with Gasteiger partial charge in [0.15, 0.2) is 0 Å². The Morgan fingerprint density at radius 2 is 2.29 bits per heavy atom. The van der Waals surface area contributed by atoms with Crippen LogP contribution >= 0.6 is 0 Å². The fourth-order valence-electron chi connectivity index (χ4n) is 1.30. The Labute approximate surface area is 85.3 Å². The maximum atomic E-state index is 9.85. The highest BCUT2D eigenvalue weighted by molar-refractivity contribution is 5.20. The van der Waals surface area contributed by atoms with Crippen LogP contribution in [0.4, 0.5) is 0 Å². The molecule has 1 heterocycles. The number of aliphatic hydroxyl groups excluding tert-OH is 1. The fraction of sp³-hybridized carbons (Fsp3) is 0.417. The van der Waals surface area contributed by atoms with Crippen LogP contribution in [0.5, 0.6) is 0 Å². The van der Waals surface area contributed by atoms with Crippen LogP contribution in [0.3, 0.4) is 0 Å². The molecule has 1 aromatic rings. The first kappa shape index (κ1) is 10.9. The minimum absolute atomic E-state index is 0.463. The van der Waals surface area contributed by atoms with Crippen LogP contribution in [0.2, 0.25) is 0 Å². The summed E-state index contributed by atoms with van der Waals surface area (Å²) in [7, 11) is 0. The summed E-state index contributed by atoms with van der Waals surface area (Å²) >= 11 is 0. The zero-order valence-corrected chi connectivity index (χ0v) is 8.83. The van der Waals surface area contributed by atoms with Crippen molar-refractivity contribution in [2.45, 2.75) is 32.8 Å². The second kappa shape index (κ2) is 4.91. The maximum absolute atomic E-state index is 9.85. The Hall–Kier alpha value is -1.15. The number of nitrogens with zero attached hydrogens (tertiary/aromatic N) is 1. The largest absolute Gasteiger partial charge is 0.388 e. The average molecular weight is 191 g/mol. The molecular weight excluding hydrogens is 174 g/mol. The van der Waals surface area contributed by atoms with Crippen molar-refractivity contribution in [3.8, 4) is 0 Å². The van der Waals surface area contributed by atoms with Crippen molar-refractivity contribution in [2.75, 3.05) is 0 Å². The van der Waals surface area contributed by atoms with Crippen LogP contribution in [0.15, 0.2) is 30.6 Å². The SMILES string of the molecule is C=C(CC)CC(O)c1cncc(C)c1. The van der Waals surface area contributed by atoms with Crippen LogP contribution in [0.1, 0.15) is 37.0 Å². The number of aliphatic hydroxyl groups is 1. The normalized spacial score (nSPS) is 12.5. The quantitative estimate of drug-likeness (QED) is 0.742. The summed E-state index contributed by atoms with van der Waals surface area (Å²) in [5, 5.41) is 9.85. The highest BCUT2D eigenvalue weighted by Gasteiger charge is 2.08. The minimum atomic E-state index is -0.463. The van der Waals surface area contributed by atoms with Gasteiger partial charge in [-0.25, -0.2) is 0 Å². The maximum Gasteiger partial charge on any atom is 0.0841 e. The molecule has 1 atom stereocenters. The van der Waals surface area contributed by atoms with Gasteiger partial charge in [0.2, 0.25) is 0 Å². The van der Waals surface area contributed by atoms with E-state index in [9.17, 15) is 5.11 Å². The van der Waals surface area contributed by atoms with Gasteiger partial charge in [0.1, 0.15) is 0 Å². The van der Waals surface area contributed by atoms with Crippen LogP contribution in [-0.4, -0.2) is 10.1 Å². The van der Waals surface area contributed by atoms with Crippen LogP contribution in [-0.2, 0) is 0 Å². The van der Waals surface area contributed by atoms with Crippen molar-refractivity contribution in [1.82, 2.24) is 4.98 Å². The lowest BCUT2D eigenvalue weighted by molar-refractivity contribution is 0.177. The molecule has 0 spiro atoms. The van der Waals surface area contributed by atoms with Crippen molar-refractivity contribution >= 4 is 0 Å². The summed E-state index contributed by atoms with van der Waals surface area (Å²) in [4.78, 5) is 4.05. The molecule has 2 heteroatoms. The highest BCUT2D eigenvalue weighted by Crippen LogP contribution is 2.21. The second-order valence-electron chi connectivity index (χ2n) is 3.62. The predicted molar refractivity (Wildman–Crippen MR) is 58.0 cm³/mol. The van der Waals surface area contributed by atoms with Gasteiger partial charge in [-0.15, -0.1) is 0 Å². The molecule has 0 saturated carbocycles. The molecule has 76 valence electrons. The van der Waals surface area contributed by atoms with E-state index in [4.69, 9.17) is 0 Å². The van der Waals surface area contributed by atoms with Crippen LogP contribution < -0.4 is 0 Å². The number of pyridine rings is 1.